The molecule has 0 aliphatic carbocycles. The summed E-state index contributed by atoms with van der Waals surface area (Å²) in [5, 5.41) is 9.93. The van der Waals surface area contributed by atoms with E-state index in [-0.39, 0.29) is 21.3 Å². The first kappa shape index (κ1) is 21.1. The molecule has 0 aliphatic heterocycles. The summed E-state index contributed by atoms with van der Waals surface area (Å²) in [5.41, 5.74) is 0.774. The molecule has 1 aromatic heterocycles. The van der Waals surface area contributed by atoms with Crippen molar-refractivity contribution in [2.75, 3.05) is 10.0 Å². The number of carbonyl (C=O) groups excluding carboxylic acids is 1. The van der Waals surface area contributed by atoms with Gasteiger partial charge < -0.3 is 5.32 Å². The molecule has 3 aromatic carbocycles. The van der Waals surface area contributed by atoms with Crippen molar-refractivity contribution in [3.63, 3.8) is 0 Å². The predicted molar refractivity (Wildman–Crippen MR) is 118 cm³/mol. The molecule has 0 atom stereocenters. The van der Waals surface area contributed by atoms with E-state index in [1.165, 1.54) is 18.2 Å². The standard InChI is InChI=1S/C20H13Cl2FN4O3S/c21-14-9-15(22)19(31(29,30)27-17-4-2-1-3-16(17)23)8-13(14)20(28)25-12-6-5-11-10-24-26-18(11)7-12/h1-10,27H,(H,24,26)(H,25,28). The highest BCUT2D eigenvalue weighted by Gasteiger charge is 2.24. The molecule has 3 N–H and O–H groups in total. The van der Waals surface area contributed by atoms with Gasteiger partial charge in [-0.3, -0.25) is 14.6 Å². The molecule has 0 fully saturated rings. The van der Waals surface area contributed by atoms with Crippen LogP contribution in [0.2, 0.25) is 10.0 Å². The molecule has 1 heterocycles. The Balaban J connectivity index is 1.66. The van der Waals surface area contributed by atoms with Crippen LogP contribution in [0.25, 0.3) is 10.9 Å². The third kappa shape index (κ3) is 4.34. The minimum atomic E-state index is -4.31. The number of carbonyl (C=O) groups is 1. The molecule has 31 heavy (non-hydrogen) atoms. The van der Waals surface area contributed by atoms with E-state index in [0.29, 0.717) is 11.2 Å². The maximum absolute atomic E-state index is 13.9. The number of anilines is 2. The Morgan fingerprint density at radius 3 is 2.58 bits per heavy atom. The lowest BCUT2D eigenvalue weighted by molar-refractivity contribution is 0.102. The maximum atomic E-state index is 13.9. The quantitative estimate of drug-likeness (QED) is 0.372. The van der Waals surface area contributed by atoms with Gasteiger partial charge in [0.05, 0.1) is 33.0 Å². The van der Waals surface area contributed by atoms with Gasteiger partial charge in [0.2, 0.25) is 0 Å². The summed E-state index contributed by atoms with van der Waals surface area (Å²) in [7, 11) is -4.31. The average molecular weight is 479 g/mol. The Labute approximate surface area is 186 Å². The van der Waals surface area contributed by atoms with Crippen LogP contribution < -0.4 is 10.0 Å². The van der Waals surface area contributed by atoms with Crippen molar-refractivity contribution in [3.05, 3.63) is 82.2 Å². The zero-order valence-electron chi connectivity index (χ0n) is 15.5. The van der Waals surface area contributed by atoms with E-state index < -0.39 is 26.6 Å². The Kier molecular flexibility index (Phi) is 5.57. The zero-order chi connectivity index (χ0) is 22.2. The molecule has 7 nitrogen and oxygen atoms in total. The van der Waals surface area contributed by atoms with Crippen LogP contribution in [-0.2, 0) is 10.0 Å². The summed E-state index contributed by atoms with van der Waals surface area (Å²) in [4.78, 5) is 12.4. The minimum absolute atomic E-state index is 0.0463. The smallest absolute Gasteiger partial charge is 0.263 e. The largest absolute Gasteiger partial charge is 0.322 e. The van der Waals surface area contributed by atoms with E-state index in [1.807, 2.05) is 0 Å². The number of para-hydroxylation sites is 1. The number of nitrogens with zero attached hydrogens (tertiary/aromatic N) is 1. The van der Waals surface area contributed by atoms with E-state index >= 15 is 0 Å². The third-order valence-corrected chi connectivity index (χ3v) is 6.52. The summed E-state index contributed by atoms with van der Waals surface area (Å²) in [5.74, 6) is -1.41. The Hall–Kier alpha value is -3.14. The second-order valence-electron chi connectivity index (χ2n) is 6.47. The molecule has 4 aromatic rings. The lowest BCUT2D eigenvalue weighted by Gasteiger charge is -2.13. The van der Waals surface area contributed by atoms with Gasteiger partial charge >= 0.3 is 0 Å². The monoisotopic (exact) mass is 478 g/mol. The van der Waals surface area contributed by atoms with Gasteiger partial charge in [-0.15, -0.1) is 0 Å². The second-order valence-corrected chi connectivity index (χ2v) is 8.94. The first-order valence-corrected chi connectivity index (χ1v) is 11.0. The van der Waals surface area contributed by atoms with Crippen LogP contribution in [0.3, 0.4) is 0 Å². The summed E-state index contributed by atoms with van der Waals surface area (Å²) < 4.78 is 41.6. The highest BCUT2D eigenvalue weighted by molar-refractivity contribution is 7.92. The normalized spacial score (nSPS) is 11.5. The highest BCUT2D eigenvalue weighted by Crippen LogP contribution is 2.31. The van der Waals surface area contributed by atoms with Crippen LogP contribution in [0.15, 0.2) is 65.7 Å². The van der Waals surface area contributed by atoms with Gasteiger partial charge in [-0.25, -0.2) is 12.8 Å². The fourth-order valence-electron chi connectivity index (χ4n) is 2.87. The van der Waals surface area contributed by atoms with Gasteiger partial charge in [0, 0.05) is 11.1 Å². The summed E-state index contributed by atoms with van der Waals surface area (Å²) in [6.07, 6.45) is 1.64. The van der Waals surface area contributed by atoms with E-state index in [4.69, 9.17) is 23.2 Å². The number of amides is 1. The Morgan fingerprint density at radius 2 is 1.81 bits per heavy atom. The molecule has 4 rings (SSSR count). The number of halogens is 3. The number of nitrogens with one attached hydrogen (secondary N) is 3. The third-order valence-electron chi connectivity index (χ3n) is 4.37. The van der Waals surface area contributed by atoms with E-state index in [9.17, 15) is 17.6 Å². The number of benzene rings is 3. The van der Waals surface area contributed by atoms with Crippen LogP contribution >= 0.6 is 23.2 Å². The SMILES string of the molecule is O=C(Nc1ccc2cn[nH]c2c1)c1cc(S(=O)(=O)Nc2ccccc2F)c(Cl)cc1Cl. The molecular formula is C20H13Cl2FN4O3S. The van der Waals surface area contributed by atoms with Gasteiger partial charge in [0.1, 0.15) is 10.7 Å². The summed E-state index contributed by atoms with van der Waals surface area (Å²) in [6.45, 7) is 0. The van der Waals surface area contributed by atoms with Crippen molar-refractivity contribution >= 4 is 61.4 Å². The molecule has 0 aliphatic rings. The van der Waals surface area contributed by atoms with Crippen LogP contribution in [0.4, 0.5) is 15.8 Å². The number of H-pyrrole nitrogens is 1. The van der Waals surface area contributed by atoms with Crippen LogP contribution in [0.1, 0.15) is 10.4 Å². The fraction of sp³-hybridized carbons (Fsp3) is 0. The first-order chi connectivity index (χ1) is 14.7. The number of rotatable bonds is 5. The van der Waals surface area contributed by atoms with Gasteiger partial charge in [0.25, 0.3) is 15.9 Å². The lowest BCUT2D eigenvalue weighted by Crippen LogP contribution is -2.17. The maximum Gasteiger partial charge on any atom is 0.263 e. The molecule has 0 spiro atoms. The average Bonchev–Trinajstić information content (AvgIpc) is 3.17. The second kappa shape index (κ2) is 8.18. The number of sulfonamides is 1. The first-order valence-electron chi connectivity index (χ1n) is 8.75. The van der Waals surface area contributed by atoms with Crippen molar-refractivity contribution in [1.29, 1.82) is 0 Å². The number of hydrogen-bond donors (Lipinski definition) is 3. The number of aromatic amines is 1. The molecule has 0 bridgehead atoms. The summed E-state index contributed by atoms with van der Waals surface area (Å²) in [6, 6.07) is 12.5. The Morgan fingerprint density at radius 1 is 1.03 bits per heavy atom. The molecule has 0 radical (unpaired) electrons. The van der Waals surface area contributed by atoms with Crippen LogP contribution in [0.5, 0.6) is 0 Å². The van der Waals surface area contributed by atoms with Crippen molar-refractivity contribution in [2.24, 2.45) is 0 Å². The van der Waals surface area contributed by atoms with Crippen molar-refractivity contribution in [2.45, 2.75) is 4.90 Å². The zero-order valence-corrected chi connectivity index (χ0v) is 17.8. The highest BCUT2D eigenvalue weighted by atomic mass is 35.5. The fourth-order valence-corrected chi connectivity index (χ4v) is 4.79. The molecule has 0 saturated heterocycles. The van der Waals surface area contributed by atoms with Crippen molar-refractivity contribution < 1.29 is 17.6 Å². The van der Waals surface area contributed by atoms with Gasteiger partial charge in [-0.1, -0.05) is 35.3 Å². The molecule has 158 valence electrons. The predicted octanol–water partition coefficient (Wildman–Crippen LogP) is 5.06. The lowest BCUT2D eigenvalue weighted by atomic mass is 10.2. The number of hydrogen-bond acceptors (Lipinski definition) is 4. The van der Waals surface area contributed by atoms with Gasteiger partial charge in [0.15, 0.2) is 0 Å². The summed E-state index contributed by atoms with van der Waals surface area (Å²) >= 11 is 12.2. The minimum Gasteiger partial charge on any atom is -0.322 e. The van der Waals surface area contributed by atoms with E-state index in [2.05, 4.69) is 20.2 Å². The molecular weight excluding hydrogens is 466 g/mol. The molecule has 11 heteroatoms. The van der Waals surface area contributed by atoms with Crippen LogP contribution in [-0.4, -0.2) is 24.5 Å². The van der Waals surface area contributed by atoms with E-state index in [1.54, 1.807) is 24.4 Å². The van der Waals surface area contributed by atoms with Crippen LogP contribution in [0, 0.1) is 5.82 Å². The Bertz CT molecular complexity index is 1420. The number of aromatic nitrogens is 2. The molecule has 0 saturated carbocycles. The van der Waals surface area contributed by atoms with Gasteiger partial charge in [-0.05, 0) is 42.5 Å². The molecule has 1 amide bonds. The van der Waals surface area contributed by atoms with Crippen molar-refractivity contribution in [3.8, 4) is 0 Å². The number of fused-ring (bicyclic) bond motifs is 1. The van der Waals surface area contributed by atoms with E-state index in [0.717, 1.165) is 23.6 Å². The van der Waals surface area contributed by atoms with Crippen molar-refractivity contribution in [1.82, 2.24) is 10.2 Å². The topological polar surface area (TPSA) is 104 Å². The van der Waals surface area contributed by atoms with Gasteiger partial charge in [-0.2, -0.15) is 5.10 Å². The molecule has 0 unspecified atom stereocenters.